The third-order valence-electron chi connectivity index (χ3n) is 6.99. The first-order valence-corrected chi connectivity index (χ1v) is 14.7. The second-order valence-electron chi connectivity index (χ2n) is 10.3. The van der Waals surface area contributed by atoms with Gasteiger partial charge in [-0.05, 0) is 61.4 Å². The Morgan fingerprint density at radius 3 is 1.15 bits per heavy atom. The zero-order valence-electron chi connectivity index (χ0n) is 25.0. The van der Waals surface area contributed by atoms with Crippen molar-refractivity contribution in [3.8, 4) is 23.0 Å². The molecule has 1 fully saturated rings. The molecule has 2 atom stereocenters. The number of carbonyl (C=O) groups is 1. The maximum absolute atomic E-state index is 11.4. The van der Waals surface area contributed by atoms with Crippen molar-refractivity contribution in [2.45, 2.75) is 37.8 Å². The summed E-state index contributed by atoms with van der Waals surface area (Å²) in [6.45, 7) is 0. The minimum absolute atomic E-state index is 0.0611. The van der Waals surface area contributed by atoms with Gasteiger partial charge in [0.2, 0.25) is 0 Å². The molecule has 1 aliphatic carbocycles. The molecule has 0 bridgehead atoms. The van der Waals surface area contributed by atoms with Crippen LogP contribution in [-0.2, 0) is 0 Å². The predicted octanol–water partition coefficient (Wildman–Crippen LogP) is 5.71. The third kappa shape index (κ3) is 10.3. The van der Waals surface area contributed by atoms with Crippen LogP contribution in [-0.4, -0.2) is 63.4 Å². The molecule has 4 aromatic carbocycles. The first kappa shape index (κ1) is 32.9. The van der Waals surface area contributed by atoms with Crippen LogP contribution in [0, 0.1) is 0 Å². The van der Waals surface area contributed by atoms with Gasteiger partial charge in [-0.15, -0.1) is 0 Å². The average molecular weight is 621 g/mol. The monoisotopic (exact) mass is 620 g/mol. The number of para-hydroxylation sites is 4. The molecule has 2 amide bonds. The minimum atomic E-state index is -0.654. The number of carbonyl (C=O) groups excluding carboxylic acids is 1. The number of phenols is 4. The molecule has 1 aliphatic rings. The molecule has 6 N–H and O–H groups in total. The topological polar surface area (TPSA) is 171 Å². The first-order valence-electron chi connectivity index (χ1n) is 14.7. The Balaban J connectivity index is 0.000000210. The van der Waals surface area contributed by atoms with E-state index in [0.29, 0.717) is 11.1 Å². The van der Waals surface area contributed by atoms with E-state index in [2.05, 4.69) is 31.0 Å². The van der Waals surface area contributed by atoms with Crippen molar-refractivity contribution >= 4 is 30.9 Å². The van der Waals surface area contributed by atoms with Crippen LogP contribution in [0.4, 0.5) is 4.79 Å². The van der Waals surface area contributed by atoms with Gasteiger partial charge < -0.3 is 20.4 Å². The number of benzene rings is 4. The molecule has 11 nitrogen and oxygen atoms in total. The Morgan fingerprint density at radius 1 is 0.522 bits per heavy atom. The van der Waals surface area contributed by atoms with Crippen molar-refractivity contribution < 1.29 is 25.2 Å². The maximum atomic E-state index is 11.4. The summed E-state index contributed by atoms with van der Waals surface area (Å²) in [4.78, 5) is 20.8. The number of nitrogens with zero attached hydrogens (tertiary/aromatic N) is 4. The molecule has 0 radical (unpaired) electrons. The number of hydrazone groups is 2. The summed E-state index contributed by atoms with van der Waals surface area (Å²) in [7, 11) is 0. The molecule has 5 rings (SSSR count). The second-order valence-corrected chi connectivity index (χ2v) is 10.3. The van der Waals surface area contributed by atoms with E-state index >= 15 is 0 Å². The molecule has 0 saturated heterocycles. The molecule has 0 aromatic heterocycles. The van der Waals surface area contributed by atoms with E-state index in [1.165, 1.54) is 24.6 Å². The summed E-state index contributed by atoms with van der Waals surface area (Å²) in [5.41, 5.74) is 6.78. The lowest BCUT2D eigenvalue weighted by atomic mass is 9.91. The van der Waals surface area contributed by atoms with E-state index in [-0.39, 0.29) is 35.1 Å². The minimum Gasteiger partial charge on any atom is -0.507 e. The molecule has 1 saturated carbocycles. The lowest BCUT2D eigenvalue weighted by Crippen LogP contribution is -2.28. The fourth-order valence-electron chi connectivity index (χ4n) is 4.52. The molecule has 46 heavy (non-hydrogen) atoms. The van der Waals surface area contributed by atoms with Crippen LogP contribution in [0.5, 0.6) is 23.0 Å². The standard InChI is InChI=1S/C20H22N2O2.C15H14N4O3/c23-19-11-5-1-7-15(19)13-21-17-9-3-4-10-18(17)22-14-16-8-2-6-12-20(16)24;20-13-7-3-1-5-11(13)9-16-18-15(22)19-17-10-12-6-2-4-8-14(12)21/h1-2,5-8,11-14,17-18,23-24H,3-4,9-10H2;1-10,20-21H,(H2,18,19,22)/b;16-9+,17-10+/t17-,18-;/m0./s1. The highest BCUT2D eigenvalue weighted by Crippen LogP contribution is 2.25. The van der Waals surface area contributed by atoms with Crippen LogP contribution in [0.1, 0.15) is 47.9 Å². The van der Waals surface area contributed by atoms with Gasteiger partial charge in [-0.25, -0.2) is 15.6 Å². The van der Waals surface area contributed by atoms with Crippen molar-refractivity contribution in [1.82, 2.24) is 10.9 Å². The van der Waals surface area contributed by atoms with Gasteiger partial charge in [0.05, 0.1) is 24.5 Å². The summed E-state index contributed by atoms with van der Waals surface area (Å²) >= 11 is 0. The van der Waals surface area contributed by atoms with Crippen LogP contribution in [0.3, 0.4) is 0 Å². The number of hydrogen-bond donors (Lipinski definition) is 6. The zero-order valence-corrected chi connectivity index (χ0v) is 25.0. The predicted molar refractivity (Wildman–Crippen MR) is 181 cm³/mol. The van der Waals surface area contributed by atoms with Crippen LogP contribution in [0.25, 0.3) is 0 Å². The van der Waals surface area contributed by atoms with Crippen molar-refractivity contribution in [1.29, 1.82) is 0 Å². The fraction of sp³-hybridized carbons (Fsp3) is 0.171. The van der Waals surface area contributed by atoms with Gasteiger partial charge in [-0.3, -0.25) is 9.98 Å². The van der Waals surface area contributed by atoms with Gasteiger partial charge >= 0.3 is 6.03 Å². The van der Waals surface area contributed by atoms with Crippen LogP contribution in [0.15, 0.2) is 117 Å². The van der Waals surface area contributed by atoms with Gasteiger partial charge in [-0.1, -0.05) is 61.4 Å². The second kappa shape index (κ2) is 17.4. The molecule has 0 spiro atoms. The van der Waals surface area contributed by atoms with E-state index in [1.54, 1.807) is 73.1 Å². The molecule has 0 unspecified atom stereocenters. The number of amides is 2. The van der Waals surface area contributed by atoms with Gasteiger partial charge in [0.1, 0.15) is 23.0 Å². The Hall–Kier alpha value is -5.97. The van der Waals surface area contributed by atoms with Gasteiger partial charge in [-0.2, -0.15) is 10.2 Å². The quantitative estimate of drug-likeness (QED) is 0.109. The summed E-state index contributed by atoms with van der Waals surface area (Å²) < 4.78 is 0. The number of aromatic hydroxyl groups is 4. The lowest BCUT2D eigenvalue weighted by Gasteiger charge is -2.25. The number of urea groups is 1. The smallest absolute Gasteiger partial charge is 0.355 e. The molecule has 4 aromatic rings. The average Bonchev–Trinajstić information content (AvgIpc) is 3.06. The highest BCUT2D eigenvalue weighted by atomic mass is 16.3. The lowest BCUT2D eigenvalue weighted by molar-refractivity contribution is 0.242. The maximum Gasteiger partial charge on any atom is 0.355 e. The summed E-state index contributed by atoms with van der Waals surface area (Å²) in [6, 6.07) is 27.1. The molecule has 0 heterocycles. The van der Waals surface area contributed by atoms with E-state index in [9.17, 15) is 25.2 Å². The molecule has 11 heteroatoms. The number of aliphatic imine (C=N–C) groups is 2. The molecular weight excluding hydrogens is 584 g/mol. The van der Waals surface area contributed by atoms with E-state index in [1.807, 2.05) is 24.3 Å². The number of nitrogens with one attached hydrogen (secondary N) is 2. The molecule has 0 aliphatic heterocycles. The largest absolute Gasteiger partial charge is 0.507 e. The summed E-state index contributed by atoms with van der Waals surface area (Å²) in [6.07, 6.45) is 10.4. The first-order chi connectivity index (χ1) is 22.4. The van der Waals surface area contributed by atoms with Crippen molar-refractivity contribution in [2.24, 2.45) is 20.2 Å². The van der Waals surface area contributed by atoms with Gasteiger partial charge in [0, 0.05) is 34.7 Å². The molecule has 236 valence electrons. The zero-order chi connectivity index (χ0) is 32.6. The SMILES string of the molecule is O=C(N/N=C/c1ccccc1O)N/N=C/c1ccccc1O.Oc1ccccc1C=N[C@H]1CCCC[C@@H]1N=Cc1ccccc1O. The highest BCUT2D eigenvalue weighted by Gasteiger charge is 2.23. The fourth-order valence-corrected chi connectivity index (χ4v) is 4.52. The third-order valence-corrected chi connectivity index (χ3v) is 6.99. The Labute approximate surface area is 267 Å². The Morgan fingerprint density at radius 2 is 0.826 bits per heavy atom. The van der Waals surface area contributed by atoms with Crippen LogP contribution in [0.2, 0.25) is 0 Å². The van der Waals surface area contributed by atoms with Gasteiger partial charge in [0.25, 0.3) is 0 Å². The molecular formula is C35H36N6O5. The summed E-state index contributed by atoms with van der Waals surface area (Å²) in [5, 5.41) is 46.0. The number of rotatable bonds is 8. The van der Waals surface area contributed by atoms with Crippen molar-refractivity contribution in [3.63, 3.8) is 0 Å². The van der Waals surface area contributed by atoms with Crippen LogP contribution < -0.4 is 10.9 Å². The summed E-state index contributed by atoms with van der Waals surface area (Å²) in [5.74, 6) is 0.606. The van der Waals surface area contributed by atoms with Crippen molar-refractivity contribution in [3.05, 3.63) is 119 Å². The Kier molecular flexibility index (Phi) is 12.4. The normalized spacial score (nSPS) is 16.4. The van der Waals surface area contributed by atoms with Crippen molar-refractivity contribution in [2.75, 3.05) is 0 Å². The Bertz CT molecular complexity index is 1580. The number of phenolic OH excluding ortho intramolecular Hbond substituents is 4. The van der Waals surface area contributed by atoms with Gasteiger partial charge in [0.15, 0.2) is 0 Å². The van der Waals surface area contributed by atoms with E-state index < -0.39 is 6.03 Å². The number of hydrogen-bond acceptors (Lipinski definition) is 9. The van der Waals surface area contributed by atoms with E-state index in [4.69, 9.17) is 0 Å². The highest BCUT2D eigenvalue weighted by molar-refractivity contribution is 5.86. The van der Waals surface area contributed by atoms with Crippen LogP contribution >= 0.6 is 0 Å². The van der Waals surface area contributed by atoms with E-state index in [0.717, 1.165) is 36.8 Å².